The molecule has 1 saturated carbocycles. The number of hydrogen-bond donors (Lipinski definition) is 2. The van der Waals surface area contributed by atoms with Crippen molar-refractivity contribution in [2.45, 2.75) is 51.8 Å². The highest BCUT2D eigenvalue weighted by Gasteiger charge is 2.26. The summed E-state index contributed by atoms with van der Waals surface area (Å²) in [6.07, 6.45) is 1.66. The quantitative estimate of drug-likeness (QED) is 0.853. The van der Waals surface area contributed by atoms with Gasteiger partial charge < -0.3 is 15.8 Å². The fraction of sp³-hybridized carbons (Fsp3) is 0.533. The summed E-state index contributed by atoms with van der Waals surface area (Å²) in [7, 11) is 0. The first-order valence-corrected chi connectivity index (χ1v) is 6.80. The maximum Gasteiger partial charge on any atom is 0.260 e. The second-order valence-electron chi connectivity index (χ2n) is 5.37. The smallest absolute Gasteiger partial charge is 0.260 e. The van der Waals surface area contributed by atoms with Gasteiger partial charge in [0.25, 0.3) is 5.91 Å². The largest absolute Gasteiger partial charge is 0.481 e. The highest BCUT2D eigenvalue weighted by atomic mass is 16.5. The number of ether oxygens (including phenoxy) is 1. The standard InChI is InChI=1S/C15H22N2O2/c1-9-4-7-14(13(8-9)10(2)16)19-11(3)15(18)17-12-5-6-12/h4,7-8,10-12H,5-6,16H2,1-3H3,(H,17,18). The topological polar surface area (TPSA) is 64.3 Å². The van der Waals surface area contributed by atoms with Crippen LogP contribution in [0.2, 0.25) is 0 Å². The molecule has 0 saturated heterocycles. The van der Waals surface area contributed by atoms with Crippen molar-refractivity contribution < 1.29 is 9.53 Å². The molecule has 4 nitrogen and oxygen atoms in total. The molecule has 0 aromatic heterocycles. The number of carbonyl (C=O) groups excluding carboxylic acids is 1. The van der Waals surface area contributed by atoms with E-state index < -0.39 is 6.10 Å². The molecule has 4 heteroatoms. The molecule has 1 aromatic carbocycles. The molecule has 2 atom stereocenters. The summed E-state index contributed by atoms with van der Waals surface area (Å²) in [4.78, 5) is 11.9. The molecule has 2 rings (SSSR count). The third-order valence-electron chi connectivity index (χ3n) is 3.25. The van der Waals surface area contributed by atoms with Crippen molar-refractivity contribution >= 4 is 5.91 Å². The molecule has 1 amide bonds. The van der Waals surface area contributed by atoms with E-state index in [4.69, 9.17) is 10.5 Å². The third-order valence-corrected chi connectivity index (χ3v) is 3.25. The van der Waals surface area contributed by atoms with Gasteiger partial charge in [0.05, 0.1) is 0 Å². The molecule has 2 unspecified atom stereocenters. The summed E-state index contributed by atoms with van der Waals surface area (Å²) in [6.45, 7) is 5.69. The van der Waals surface area contributed by atoms with Crippen LogP contribution in [0.5, 0.6) is 5.75 Å². The van der Waals surface area contributed by atoms with E-state index in [0.29, 0.717) is 11.8 Å². The lowest BCUT2D eigenvalue weighted by atomic mass is 10.1. The first kappa shape index (κ1) is 13.9. The molecule has 0 heterocycles. The zero-order valence-electron chi connectivity index (χ0n) is 11.8. The highest BCUT2D eigenvalue weighted by molar-refractivity contribution is 5.81. The number of nitrogens with one attached hydrogen (secondary N) is 1. The van der Waals surface area contributed by atoms with Crippen LogP contribution in [0.1, 0.15) is 43.9 Å². The average molecular weight is 262 g/mol. The first-order valence-electron chi connectivity index (χ1n) is 6.80. The maximum atomic E-state index is 11.9. The van der Waals surface area contributed by atoms with Crippen molar-refractivity contribution in [3.8, 4) is 5.75 Å². The van der Waals surface area contributed by atoms with Gasteiger partial charge in [-0.3, -0.25) is 4.79 Å². The van der Waals surface area contributed by atoms with Crippen molar-refractivity contribution in [2.75, 3.05) is 0 Å². The zero-order chi connectivity index (χ0) is 14.0. The number of rotatable bonds is 5. The molecule has 1 aliphatic carbocycles. The van der Waals surface area contributed by atoms with Gasteiger partial charge in [-0.05, 0) is 39.7 Å². The molecule has 104 valence electrons. The van der Waals surface area contributed by atoms with Crippen LogP contribution in [0.4, 0.5) is 0 Å². The summed E-state index contributed by atoms with van der Waals surface area (Å²) in [5.41, 5.74) is 8.02. The molecular weight excluding hydrogens is 240 g/mol. The normalized spacial score (nSPS) is 17.7. The van der Waals surface area contributed by atoms with Gasteiger partial charge in [-0.1, -0.05) is 17.7 Å². The van der Waals surface area contributed by atoms with Gasteiger partial charge in [-0.2, -0.15) is 0 Å². The predicted octanol–water partition coefficient (Wildman–Crippen LogP) is 2.06. The van der Waals surface area contributed by atoms with E-state index in [9.17, 15) is 4.79 Å². The second kappa shape index (κ2) is 5.61. The Labute approximate surface area is 114 Å². The van der Waals surface area contributed by atoms with E-state index in [-0.39, 0.29) is 11.9 Å². The predicted molar refractivity (Wildman–Crippen MR) is 75.0 cm³/mol. The van der Waals surface area contributed by atoms with Crippen molar-refractivity contribution in [2.24, 2.45) is 5.73 Å². The van der Waals surface area contributed by atoms with Crippen LogP contribution in [0, 0.1) is 6.92 Å². The molecule has 1 aliphatic rings. The number of hydrogen-bond acceptors (Lipinski definition) is 3. The summed E-state index contributed by atoms with van der Waals surface area (Å²) in [6, 6.07) is 6.09. The van der Waals surface area contributed by atoms with E-state index in [2.05, 4.69) is 5.32 Å². The molecule has 1 aromatic rings. The molecule has 0 radical (unpaired) electrons. The van der Waals surface area contributed by atoms with Crippen molar-refractivity contribution in [3.63, 3.8) is 0 Å². The Morgan fingerprint density at radius 1 is 1.42 bits per heavy atom. The maximum absolute atomic E-state index is 11.9. The molecule has 3 N–H and O–H groups in total. The van der Waals surface area contributed by atoms with Gasteiger partial charge in [0.1, 0.15) is 5.75 Å². The van der Waals surface area contributed by atoms with Crippen LogP contribution in [-0.4, -0.2) is 18.1 Å². The van der Waals surface area contributed by atoms with Gasteiger partial charge in [0.2, 0.25) is 0 Å². The van der Waals surface area contributed by atoms with Crippen LogP contribution >= 0.6 is 0 Å². The minimum Gasteiger partial charge on any atom is -0.481 e. The van der Waals surface area contributed by atoms with Crippen LogP contribution in [-0.2, 0) is 4.79 Å². The zero-order valence-corrected chi connectivity index (χ0v) is 11.8. The van der Waals surface area contributed by atoms with Crippen LogP contribution in [0.15, 0.2) is 18.2 Å². The number of amides is 1. The van der Waals surface area contributed by atoms with Crippen molar-refractivity contribution in [3.05, 3.63) is 29.3 Å². The monoisotopic (exact) mass is 262 g/mol. The number of aryl methyl sites for hydroxylation is 1. The average Bonchev–Trinajstić information content (AvgIpc) is 3.14. The van der Waals surface area contributed by atoms with Gasteiger partial charge in [-0.15, -0.1) is 0 Å². The fourth-order valence-corrected chi connectivity index (χ4v) is 1.92. The summed E-state index contributed by atoms with van der Waals surface area (Å²) >= 11 is 0. The second-order valence-corrected chi connectivity index (χ2v) is 5.37. The van der Waals surface area contributed by atoms with E-state index in [1.807, 2.05) is 32.0 Å². The number of carbonyl (C=O) groups is 1. The molecule has 19 heavy (non-hydrogen) atoms. The Morgan fingerprint density at radius 3 is 2.68 bits per heavy atom. The van der Waals surface area contributed by atoms with Crippen molar-refractivity contribution in [1.82, 2.24) is 5.32 Å². The minimum absolute atomic E-state index is 0.0568. The highest BCUT2D eigenvalue weighted by Crippen LogP contribution is 2.26. The summed E-state index contributed by atoms with van der Waals surface area (Å²) < 4.78 is 5.76. The number of nitrogens with two attached hydrogens (primary N) is 1. The molecule has 0 bridgehead atoms. The van der Waals surface area contributed by atoms with Crippen LogP contribution in [0.25, 0.3) is 0 Å². The van der Waals surface area contributed by atoms with E-state index >= 15 is 0 Å². The van der Waals surface area contributed by atoms with Gasteiger partial charge >= 0.3 is 0 Å². The minimum atomic E-state index is -0.499. The van der Waals surface area contributed by atoms with Gasteiger partial charge in [0, 0.05) is 17.6 Å². The lowest BCUT2D eigenvalue weighted by Gasteiger charge is -2.19. The molecule has 0 aliphatic heterocycles. The van der Waals surface area contributed by atoms with Crippen molar-refractivity contribution in [1.29, 1.82) is 0 Å². The van der Waals surface area contributed by atoms with Gasteiger partial charge in [-0.25, -0.2) is 0 Å². The number of benzene rings is 1. The van der Waals surface area contributed by atoms with Crippen LogP contribution in [0.3, 0.4) is 0 Å². The Bertz CT molecular complexity index is 467. The van der Waals surface area contributed by atoms with E-state index in [1.54, 1.807) is 6.92 Å². The van der Waals surface area contributed by atoms with E-state index in [1.165, 1.54) is 0 Å². The Kier molecular flexibility index (Phi) is 4.10. The molecule has 0 spiro atoms. The third kappa shape index (κ3) is 3.70. The lowest BCUT2D eigenvalue weighted by Crippen LogP contribution is -2.37. The fourth-order valence-electron chi connectivity index (χ4n) is 1.92. The van der Waals surface area contributed by atoms with Crippen LogP contribution < -0.4 is 15.8 Å². The Morgan fingerprint density at radius 2 is 2.11 bits per heavy atom. The molecular formula is C15H22N2O2. The summed E-state index contributed by atoms with van der Waals surface area (Å²) in [5.74, 6) is 0.637. The lowest BCUT2D eigenvalue weighted by molar-refractivity contribution is -0.127. The molecule has 1 fully saturated rings. The first-order chi connectivity index (χ1) is 8.97. The van der Waals surface area contributed by atoms with E-state index in [0.717, 1.165) is 24.0 Å². The summed E-state index contributed by atoms with van der Waals surface area (Å²) in [5, 5.41) is 2.94. The Hall–Kier alpha value is -1.55. The Balaban J connectivity index is 2.06. The van der Waals surface area contributed by atoms with Gasteiger partial charge in [0.15, 0.2) is 6.10 Å². The SMILES string of the molecule is Cc1ccc(OC(C)C(=O)NC2CC2)c(C(C)N)c1.